The van der Waals surface area contributed by atoms with Crippen molar-refractivity contribution in [2.24, 2.45) is 0 Å². The normalized spacial score (nSPS) is 28.7. The Balaban J connectivity index is 1.50. The maximum Gasteiger partial charge on any atom is 0.164 e. The Morgan fingerprint density at radius 2 is 1.82 bits per heavy atom. The summed E-state index contributed by atoms with van der Waals surface area (Å²) in [6, 6.07) is 8.49. The number of rotatable bonds is 3. The van der Waals surface area contributed by atoms with Gasteiger partial charge in [0.2, 0.25) is 0 Å². The van der Waals surface area contributed by atoms with Crippen molar-refractivity contribution in [2.45, 2.75) is 57.5 Å². The first-order chi connectivity index (χ1) is 13.4. The Morgan fingerprint density at radius 3 is 2.61 bits per heavy atom. The van der Waals surface area contributed by atoms with Crippen LogP contribution < -0.4 is 0 Å². The second kappa shape index (κ2) is 6.34. The van der Waals surface area contributed by atoms with E-state index in [9.17, 15) is 4.39 Å². The molecule has 28 heavy (non-hydrogen) atoms. The molecule has 0 N–H and O–H groups in total. The van der Waals surface area contributed by atoms with Crippen LogP contribution in [-0.2, 0) is 20.6 Å². The molecule has 0 bridgehead atoms. The van der Waals surface area contributed by atoms with E-state index in [1.807, 2.05) is 37.6 Å². The quantitative estimate of drug-likeness (QED) is 0.692. The summed E-state index contributed by atoms with van der Waals surface area (Å²) in [6.45, 7) is 5.79. The molecule has 0 radical (unpaired) electrons. The minimum Gasteiger partial charge on any atom is -0.349 e. The fourth-order valence-electron chi connectivity index (χ4n) is 4.20. The van der Waals surface area contributed by atoms with Crippen molar-refractivity contribution in [3.63, 3.8) is 0 Å². The van der Waals surface area contributed by atoms with E-state index in [0.29, 0.717) is 6.42 Å². The summed E-state index contributed by atoms with van der Waals surface area (Å²) in [7, 11) is 0. The van der Waals surface area contributed by atoms with Crippen molar-refractivity contribution in [3.8, 4) is 0 Å². The number of benzene rings is 1. The van der Waals surface area contributed by atoms with Gasteiger partial charge in [0.25, 0.3) is 0 Å². The Bertz CT molecular complexity index is 1020. The number of hydrogen-bond donors (Lipinski definition) is 0. The van der Waals surface area contributed by atoms with Gasteiger partial charge in [0.05, 0.1) is 11.8 Å². The lowest BCUT2D eigenvalue weighted by Gasteiger charge is -2.25. The second-order valence-corrected chi connectivity index (χ2v) is 7.88. The van der Waals surface area contributed by atoms with Crippen molar-refractivity contribution in [1.82, 2.24) is 14.5 Å². The molecule has 5 rings (SSSR count). The largest absolute Gasteiger partial charge is 0.349 e. The van der Waals surface area contributed by atoms with Gasteiger partial charge in [0.15, 0.2) is 12.0 Å². The van der Waals surface area contributed by atoms with Gasteiger partial charge in [0, 0.05) is 18.0 Å². The van der Waals surface area contributed by atoms with E-state index in [1.165, 1.54) is 12.1 Å². The molecule has 2 aliphatic heterocycles. The van der Waals surface area contributed by atoms with Crippen LogP contribution in [0.25, 0.3) is 11.0 Å². The molecule has 2 aliphatic rings. The third kappa shape index (κ3) is 2.90. The molecule has 0 unspecified atom stereocenters. The molecule has 0 aliphatic carbocycles. The third-order valence-electron chi connectivity index (χ3n) is 5.46. The van der Waals surface area contributed by atoms with E-state index in [4.69, 9.17) is 14.2 Å². The average molecular weight is 383 g/mol. The third-order valence-corrected chi connectivity index (χ3v) is 5.46. The molecule has 146 valence electrons. The van der Waals surface area contributed by atoms with Gasteiger partial charge in [0.1, 0.15) is 30.0 Å². The van der Waals surface area contributed by atoms with E-state index in [0.717, 1.165) is 22.3 Å². The zero-order chi connectivity index (χ0) is 19.5. The standard InChI is InChI=1S/C21H22FN3O3/c1-12-15-8-9-25(19(15)24-11-23-12)20-18-17(27-21(2,3)28-18)16(26-20)10-13-4-6-14(22)7-5-13/h4-9,11,16-18,20H,10H2,1-3H3/t16-,17-,18-,20+/m1/s1. The number of ether oxygens (including phenoxy) is 3. The monoisotopic (exact) mass is 383 g/mol. The predicted octanol–water partition coefficient (Wildman–Crippen LogP) is 3.54. The van der Waals surface area contributed by atoms with Gasteiger partial charge in [-0.2, -0.15) is 0 Å². The molecule has 0 saturated carbocycles. The molecule has 4 atom stereocenters. The number of aromatic nitrogens is 3. The molecule has 1 aromatic carbocycles. The van der Waals surface area contributed by atoms with Gasteiger partial charge >= 0.3 is 0 Å². The summed E-state index contributed by atoms with van der Waals surface area (Å²) < 4.78 is 34.0. The average Bonchev–Trinajstić information content (AvgIpc) is 3.30. The van der Waals surface area contributed by atoms with E-state index in [1.54, 1.807) is 18.5 Å². The molecule has 3 aromatic rings. The lowest BCUT2D eigenvalue weighted by Crippen LogP contribution is -2.31. The minimum absolute atomic E-state index is 0.206. The molecule has 0 amide bonds. The van der Waals surface area contributed by atoms with Crippen molar-refractivity contribution >= 4 is 11.0 Å². The number of nitrogens with zero attached hydrogens (tertiary/aromatic N) is 3. The van der Waals surface area contributed by atoms with Crippen molar-refractivity contribution in [3.05, 3.63) is 59.9 Å². The molecule has 6 nitrogen and oxygen atoms in total. The van der Waals surface area contributed by atoms with Gasteiger partial charge < -0.3 is 18.8 Å². The molecule has 7 heteroatoms. The van der Waals surface area contributed by atoms with E-state index >= 15 is 0 Å². The predicted molar refractivity (Wildman–Crippen MR) is 100 cm³/mol. The van der Waals surface area contributed by atoms with Crippen LogP contribution in [0, 0.1) is 12.7 Å². The first kappa shape index (κ1) is 17.7. The topological polar surface area (TPSA) is 58.4 Å². The van der Waals surface area contributed by atoms with E-state index < -0.39 is 5.79 Å². The first-order valence-corrected chi connectivity index (χ1v) is 9.45. The Labute approximate surface area is 162 Å². The maximum absolute atomic E-state index is 13.3. The smallest absolute Gasteiger partial charge is 0.164 e. The lowest BCUT2D eigenvalue weighted by atomic mass is 10.0. The number of hydrogen-bond acceptors (Lipinski definition) is 5. The zero-order valence-electron chi connectivity index (χ0n) is 16.0. The highest BCUT2D eigenvalue weighted by atomic mass is 19.1. The van der Waals surface area contributed by atoms with Crippen molar-refractivity contribution in [2.75, 3.05) is 0 Å². The molecule has 0 spiro atoms. The SMILES string of the molecule is Cc1ncnc2c1ccn2[C@H]1O[C@H](Cc2ccc(F)cc2)[C@H]2OC(C)(C)O[C@H]21. The lowest BCUT2D eigenvalue weighted by molar-refractivity contribution is -0.196. The molecule has 2 saturated heterocycles. The van der Waals surface area contributed by atoms with Crippen LogP contribution >= 0.6 is 0 Å². The second-order valence-electron chi connectivity index (χ2n) is 7.88. The van der Waals surface area contributed by atoms with Crippen LogP contribution in [-0.4, -0.2) is 38.6 Å². The molecule has 2 aromatic heterocycles. The number of fused-ring (bicyclic) bond motifs is 2. The van der Waals surface area contributed by atoms with Gasteiger partial charge in [-0.1, -0.05) is 12.1 Å². The van der Waals surface area contributed by atoms with Gasteiger partial charge in [-0.25, -0.2) is 14.4 Å². The summed E-state index contributed by atoms with van der Waals surface area (Å²) in [5.74, 6) is -0.936. The Kier molecular flexibility index (Phi) is 4.01. The summed E-state index contributed by atoms with van der Waals surface area (Å²) >= 11 is 0. The van der Waals surface area contributed by atoms with E-state index in [2.05, 4.69) is 9.97 Å². The van der Waals surface area contributed by atoms with Crippen LogP contribution in [0.15, 0.2) is 42.9 Å². The summed E-state index contributed by atoms with van der Waals surface area (Å²) in [5, 5.41) is 0.989. The summed E-state index contributed by atoms with van der Waals surface area (Å²) in [6.07, 6.45) is 3.10. The van der Waals surface area contributed by atoms with Crippen LogP contribution in [0.2, 0.25) is 0 Å². The highest BCUT2D eigenvalue weighted by Gasteiger charge is 2.55. The van der Waals surface area contributed by atoms with Crippen LogP contribution in [0.1, 0.15) is 31.3 Å². The van der Waals surface area contributed by atoms with E-state index in [-0.39, 0.29) is 30.4 Å². The fourth-order valence-corrected chi connectivity index (χ4v) is 4.20. The highest BCUT2D eigenvalue weighted by molar-refractivity contribution is 5.78. The summed E-state index contributed by atoms with van der Waals surface area (Å²) in [4.78, 5) is 8.71. The molecular weight excluding hydrogens is 361 g/mol. The van der Waals surface area contributed by atoms with Crippen LogP contribution in [0.4, 0.5) is 4.39 Å². The van der Waals surface area contributed by atoms with Crippen LogP contribution in [0.3, 0.4) is 0 Å². The first-order valence-electron chi connectivity index (χ1n) is 9.45. The Hall–Kier alpha value is -2.35. The fraction of sp³-hybridized carbons (Fsp3) is 0.429. The molecular formula is C21H22FN3O3. The number of aryl methyl sites for hydroxylation is 1. The van der Waals surface area contributed by atoms with Gasteiger partial charge in [-0.3, -0.25) is 0 Å². The molecule has 2 fully saturated rings. The number of halogens is 1. The highest BCUT2D eigenvalue weighted by Crippen LogP contribution is 2.44. The Morgan fingerprint density at radius 1 is 1.07 bits per heavy atom. The van der Waals surface area contributed by atoms with Crippen molar-refractivity contribution < 1.29 is 18.6 Å². The van der Waals surface area contributed by atoms with Gasteiger partial charge in [-0.15, -0.1) is 0 Å². The van der Waals surface area contributed by atoms with Gasteiger partial charge in [-0.05, 0) is 44.5 Å². The summed E-state index contributed by atoms with van der Waals surface area (Å²) in [5.41, 5.74) is 2.73. The minimum atomic E-state index is -0.688. The molecule has 4 heterocycles. The zero-order valence-corrected chi connectivity index (χ0v) is 16.0. The maximum atomic E-state index is 13.3. The van der Waals surface area contributed by atoms with Crippen LogP contribution in [0.5, 0.6) is 0 Å². The van der Waals surface area contributed by atoms with Crippen molar-refractivity contribution in [1.29, 1.82) is 0 Å².